The summed E-state index contributed by atoms with van der Waals surface area (Å²) in [6.45, 7) is 5.56. The maximum absolute atomic E-state index is 13.3. The number of amides is 2. The van der Waals surface area contributed by atoms with Crippen LogP contribution in [0.25, 0.3) is 5.57 Å². The Bertz CT molecular complexity index is 995. The first-order chi connectivity index (χ1) is 15.8. The average Bonchev–Trinajstić information content (AvgIpc) is 3.02. The minimum Gasteiger partial charge on any atom is -0.493 e. The van der Waals surface area contributed by atoms with Crippen LogP contribution in [0.5, 0.6) is 5.75 Å². The van der Waals surface area contributed by atoms with Gasteiger partial charge in [-0.05, 0) is 54.3 Å². The fraction of sp³-hybridized carbons (Fsp3) is 0.385. The maximum atomic E-state index is 13.3. The van der Waals surface area contributed by atoms with Crippen molar-refractivity contribution in [3.63, 3.8) is 0 Å². The third kappa shape index (κ3) is 5.93. The lowest BCUT2D eigenvalue weighted by atomic mass is 10.0. The first-order valence-electron chi connectivity index (χ1n) is 11.2. The van der Waals surface area contributed by atoms with Gasteiger partial charge in [0, 0.05) is 45.7 Å². The highest BCUT2D eigenvalue weighted by Gasteiger charge is 2.38. The molecule has 3 rings (SSSR count). The number of carbonyl (C=O) groups excluding carboxylic acids is 2. The fourth-order valence-corrected chi connectivity index (χ4v) is 3.50. The smallest absolute Gasteiger partial charge is 0.278 e. The summed E-state index contributed by atoms with van der Waals surface area (Å²) in [5.74, 6) is 0.509. The second kappa shape index (κ2) is 11.0. The standard InChI is InChI=1S/C26H33N3O4/c1-18(2)17-33-22-13-7-19(8-14-22)23-24(26(31)29(25(23)30)15-6-16-32-5)27-20-9-11-21(12-10-20)28(3)4/h7-14,18,27H,6,15-17H2,1-5H3. The number of hydrogen-bond donors (Lipinski definition) is 1. The van der Waals surface area contributed by atoms with Crippen molar-refractivity contribution in [1.29, 1.82) is 0 Å². The number of ether oxygens (including phenoxy) is 2. The molecule has 1 heterocycles. The topological polar surface area (TPSA) is 71.1 Å². The zero-order chi connectivity index (χ0) is 24.0. The molecular weight excluding hydrogens is 418 g/mol. The van der Waals surface area contributed by atoms with Crippen LogP contribution < -0.4 is 15.0 Å². The van der Waals surface area contributed by atoms with Crippen molar-refractivity contribution in [1.82, 2.24) is 4.90 Å². The number of nitrogens with one attached hydrogen (secondary N) is 1. The summed E-state index contributed by atoms with van der Waals surface area (Å²) in [5.41, 5.74) is 3.11. The molecule has 0 atom stereocenters. The van der Waals surface area contributed by atoms with E-state index < -0.39 is 0 Å². The second-order valence-corrected chi connectivity index (χ2v) is 8.65. The average molecular weight is 452 g/mol. The number of rotatable bonds is 11. The number of carbonyl (C=O) groups is 2. The molecular formula is C26H33N3O4. The normalized spacial score (nSPS) is 13.8. The highest BCUT2D eigenvalue weighted by Crippen LogP contribution is 2.32. The molecule has 7 heteroatoms. The summed E-state index contributed by atoms with van der Waals surface area (Å²) in [6.07, 6.45) is 0.577. The first kappa shape index (κ1) is 24.3. The van der Waals surface area contributed by atoms with Gasteiger partial charge in [0.05, 0.1) is 12.2 Å². The molecule has 0 aromatic heterocycles. The molecule has 2 amide bonds. The molecule has 0 spiro atoms. The number of nitrogens with zero attached hydrogens (tertiary/aromatic N) is 2. The Hall–Kier alpha value is -3.32. The predicted molar refractivity (Wildman–Crippen MR) is 131 cm³/mol. The maximum Gasteiger partial charge on any atom is 0.278 e. The van der Waals surface area contributed by atoms with Crippen molar-refractivity contribution >= 4 is 28.8 Å². The van der Waals surface area contributed by atoms with Crippen molar-refractivity contribution in [2.75, 3.05) is 51.2 Å². The Morgan fingerprint density at radius 3 is 2.21 bits per heavy atom. The van der Waals surface area contributed by atoms with Gasteiger partial charge in [0.15, 0.2) is 0 Å². The lowest BCUT2D eigenvalue weighted by Crippen LogP contribution is -2.33. The van der Waals surface area contributed by atoms with Gasteiger partial charge in [0.2, 0.25) is 0 Å². The van der Waals surface area contributed by atoms with E-state index in [4.69, 9.17) is 9.47 Å². The molecule has 1 N–H and O–H groups in total. The van der Waals surface area contributed by atoms with Gasteiger partial charge in [-0.1, -0.05) is 26.0 Å². The van der Waals surface area contributed by atoms with Crippen molar-refractivity contribution in [3.8, 4) is 5.75 Å². The van der Waals surface area contributed by atoms with Crippen LogP contribution in [-0.2, 0) is 14.3 Å². The second-order valence-electron chi connectivity index (χ2n) is 8.65. The minimum atomic E-state index is -0.331. The van der Waals surface area contributed by atoms with Crippen molar-refractivity contribution < 1.29 is 19.1 Å². The van der Waals surface area contributed by atoms with Crippen LogP contribution in [0.2, 0.25) is 0 Å². The third-order valence-electron chi connectivity index (χ3n) is 5.28. The summed E-state index contributed by atoms with van der Waals surface area (Å²) in [6, 6.07) is 15.0. The SMILES string of the molecule is COCCCN1C(=O)C(Nc2ccc(N(C)C)cc2)=C(c2ccc(OCC(C)C)cc2)C1=O. The molecule has 0 saturated heterocycles. The predicted octanol–water partition coefficient (Wildman–Crippen LogP) is 4.02. The summed E-state index contributed by atoms with van der Waals surface area (Å²) in [4.78, 5) is 29.8. The summed E-state index contributed by atoms with van der Waals surface area (Å²) >= 11 is 0. The number of anilines is 2. The van der Waals surface area contributed by atoms with Crippen LogP contribution in [0.1, 0.15) is 25.8 Å². The zero-order valence-corrected chi connectivity index (χ0v) is 20.1. The van der Waals surface area contributed by atoms with E-state index in [1.165, 1.54) is 4.90 Å². The van der Waals surface area contributed by atoms with Crippen molar-refractivity contribution in [2.45, 2.75) is 20.3 Å². The molecule has 1 aliphatic heterocycles. The van der Waals surface area contributed by atoms with E-state index in [0.29, 0.717) is 43.2 Å². The minimum absolute atomic E-state index is 0.283. The molecule has 0 fully saturated rings. The Morgan fingerprint density at radius 2 is 1.64 bits per heavy atom. The molecule has 2 aromatic rings. The monoisotopic (exact) mass is 451 g/mol. The molecule has 1 aliphatic rings. The van der Waals surface area contributed by atoms with Crippen LogP contribution in [0.3, 0.4) is 0 Å². The molecule has 2 aromatic carbocycles. The van der Waals surface area contributed by atoms with Crippen LogP contribution in [0.4, 0.5) is 11.4 Å². The Balaban J connectivity index is 1.91. The van der Waals surface area contributed by atoms with Gasteiger partial charge in [0.1, 0.15) is 11.4 Å². The van der Waals surface area contributed by atoms with Gasteiger partial charge in [-0.3, -0.25) is 14.5 Å². The van der Waals surface area contributed by atoms with E-state index in [1.807, 2.05) is 67.5 Å². The van der Waals surface area contributed by atoms with Gasteiger partial charge in [-0.2, -0.15) is 0 Å². The van der Waals surface area contributed by atoms with Gasteiger partial charge in [-0.15, -0.1) is 0 Å². The Kier molecular flexibility index (Phi) is 8.11. The van der Waals surface area contributed by atoms with Crippen LogP contribution in [0.15, 0.2) is 54.2 Å². The molecule has 176 valence electrons. The van der Waals surface area contributed by atoms with E-state index in [1.54, 1.807) is 7.11 Å². The number of imide groups is 1. The number of benzene rings is 2. The summed E-state index contributed by atoms with van der Waals surface area (Å²) in [5, 5.41) is 3.20. The largest absolute Gasteiger partial charge is 0.493 e. The number of methoxy groups -OCH3 is 1. The molecule has 0 unspecified atom stereocenters. The van der Waals surface area contributed by atoms with E-state index in [9.17, 15) is 9.59 Å². The Labute approximate surface area is 196 Å². The van der Waals surface area contributed by atoms with E-state index in [-0.39, 0.29) is 17.5 Å². The quantitative estimate of drug-likeness (QED) is 0.411. The van der Waals surface area contributed by atoms with Crippen molar-refractivity contribution in [2.24, 2.45) is 5.92 Å². The number of hydrogen-bond acceptors (Lipinski definition) is 6. The van der Waals surface area contributed by atoms with Gasteiger partial charge in [0.25, 0.3) is 11.8 Å². The van der Waals surface area contributed by atoms with Crippen LogP contribution in [0, 0.1) is 5.92 Å². The molecule has 33 heavy (non-hydrogen) atoms. The van der Waals surface area contributed by atoms with Gasteiger partial charge >= 0.3 is 0 Å². The van der Waals surface area contributed by atoms with E-state index in [0.717, 1.165) is 17.1 Å². The van der Waals surface area contributed by atoms with Crippen molar-refractivity contribution in [3.05, 3.63) is 59.8 Å². The summed E-state index contributed by atoms with van der Waals surface area (Å²) < 4.78 is 10.9. The van der Waals surface area contributed by atoms with Gasteiger partial charge in [-0.25, -0.2) is 0 Å². The first-order valence-corrected chi connectivity index (χ1v) is 11.2. The highest BCUT2D eigenvalue weighted by molar-refractivity contribution is 6.36. The third-order valence-corrected chi connectivity index (χ3v) is 5.28. The summed E-state index contributed by atoms with van der Waals surface area (Å²) in [7, 11) is 5.54. The highest BCUT2D eigenvalue weighted by atomic mass is 16.5. The molecule has 0 saturated carbocycles. The molecule has 0 radical (unpaired) electrons. The van der Waals surface area contributed by atoms with Gasteiger partial charge < -0.3 is 19.7 Å². The zero-order valence-electron chi connectivity index (χ0n) is 20.1. The molecule has 0 bridgehead atoms. The fourth-order valence-electron chi connectivity index (χ4n) is 3.50. The molecule has 0 aliphatic carbocycles. The van der Waals surface area contributed by atoms with E-state index >= 15 is 0 Å². The Morgan fingerprint density at radius 1 is 0.970 bits per heavy atom. The molecule has 7 nitrogen and oxygen atoms in total. The lowest BCUT2D eigenvalue weighted by molar-refractivity contribution is -0.136. The van der Waals surface area contributed by atoms with E-state index in [2.05, 4.69) is 19.2 Å². The van der Waals surface area contributed by atoms with Crippen LogP contribution in [-0.4, -0.2) is 57.7 Å². The van der Waals surface area contributed by atoms with Crippen LogP contribution >= 0.6 is 0 Å². The lowest BCUT2D eigenvalue weighted by Gasteiger charge is -2.15.